The predicted molar refractivity (Wildman–Crippen MR) is 118 cm³/mol. The molecular weight excluding hydrogens is 390 g/mol. The maximum atomic E-state index is 12.7. The van der Waals surface area contributed by atoms with E-state index in [1.54, 1.807) is 33.6 Å². The number of aryl methyl sites for hydroxylation is 2. The summed E-state index contributed by atoms with van der Waals surface area (Å²) in [7, 11) is 3.63. The highest BCUT2D eigenvalue weighted by Crippen LogP contribution is 2.22. The van der Waals surface area contributed by atoms with Gasteiger partial charge in [0.2, 0.25) is 0 Å². The molecule has 0 radical (unpaired) electrons. The molecule has 7 nitrogen and oxygen atoms in total. The van der Waals surface area contributed by atoms with E-state index < -0.39 is 0 Å². The van der Waals surface area contributed by atoms with Crippen molar-refractivity contribution in [3.63, 3.8) is 0 Å². The number of nitrogens with zero attached hydrogens (tertiary/aromatic N) is 5. The Morgan fingerprint density at radius 1 is 1.00 bits per heavy atom. The largest absolute Gasteiger partial charge is 0.471 e. The van der Waals surface area contributed by atoms with Crippen LogP contribution < -0.4 is 4.74 Å². The van der Waals surface area contributed by atoms with Gasteiger partial charge in [-0.05, 0) is 36.2 Å². The molecule has 0 saturated heterocycles. The molecule has 2 aromatic heterocycles. The summed E-state index contributed by atoms with van der Waals surface area (Å²) in [5.74, 6) is 0.599. The zero-order chi connectivity index (χ0) is 21.8. The average molecular weight is 415 g/mol. The molecule has 0 aliphatic carbocycles. The lowest BCUT2D eigenvalue weighted by molar-refractivity contribution is 0.0777. The molecule has 0 N–H and O–H groups in total. The molecule has 0 fully saturated rings. The van der Waals surface area contributed by atoms with Crippen molar-refractivity contribution in [3.05, 3.63) is 90.0 Å². The van der Waals surface area contributed by atoms with Crippen molar-refractivity contribution in [1.29, 1.82) is 0 Å². The first-order valence-electron chi connectivity index (χ1n) is 10.1. The van der Waals surface area contributed by atoms with Crippen molar-refractivity contribution < 1.29 is 9.53 Å². The number of carbonyl (C=O) groups excluding carboxylic acids is 1. The second kappa shape index (κ2) is 8.87. The molecule has 0 atom stereocenters. The number of ether oxygens (including phenoxy) is 1. The molecule has 4 rings (SSSR count). The maximum Gasteiger partial charge on any atom is 0.274 e. The Kier molecular flexibility index (Phi) is 5.84. The van der Waals surface area contributed by atoms with Crippen LogP contribution in [0.1, 0.15) is 21.7 Å². The Morgan fingerprint density at radius 2 is 1.71 bits per heavy atom. The number of carbonyl (C=O) groups is 1. The van der Waals surface area contributed by atoms with Crippen LogP contribution in [0.4, 0.5) is 0 Å². The van der Waals surface area contributed by atoms with E-state index in [0.29, 0.717) is 12.2 Å². The number of aromatic nitrogens is 4. The van der Waals surface area contributed by atoms with Gasteiger partial charge in [0.15, 0.2) is 12.4 Å². The molecule has 0 spiro atoms. The third-order valence-electron chi connectivity index (χ3n) is 5.05. The van der Waals surface area contributed by atoms with E-state index in [-0.39, 0.29) is 12.6 Å². The molecule has 0 aliphatic rings. The van der Waals surface area contributed by atoms with Crippen LogP contribution in [0.15, 0.2) is 73.1 Å². The summed E-state index contributed by atoms with van der Waals surface area (Å²) in [6, 6.07) is 19.8. The number of hydrogen-bond donors (Lipinski definition) is 0. The normalized spacial score (nSPS) is 10.8. The van der Waals surface area contributed by atoms with Gasteiger partial charge in [0.1, 0.15) is 5.75 Å². The Hall–Kier alpha value is -3.87. The average Bonchev–Trinajstić information content (AvgIpc) is 3.38. The first-order valence-corrected chi connectivity index (χ1v) is 10.1. The molecule has 0 bridgehead atoms. The van der Waals surface area contributed by atoms with E-state index in [0.717, 1.165) is 28.1 Å². The molecule has 31 heavy (non-hydrogen) atoms. The molecule has 158 valence electrons. The lowest BCUT2D eigenvalue weighted by Crippen LogP contribution is -2.27. The summed E-state index contributed by atoms with van der Waals surface area (Å²) >= 11 is 0. The highest BCUT2D eigenvalue weighted by molar-refractivity contribution is 5.92. The smallest absolute Gasteiger partial charge is 0.274 e. The lowest BCUT2D eigenvalue weighted by Gasteiger charge is -2.15. The number of amides is 1. The quantitative estimate of drug-likeness (QED) is 0.459. The van der Waals surface area contributed by atoms with Crippen LogP contribution in [0.3, 0.4) is 0 Å². The zero-order valence-corrected chi connectivity index (χ0v) is 17.9. The Balaban J connectivity index is 1.34. The van der Waals surface area contributed by atoms with Crippen LogP contribution in [0.5, 0.6) is 5.75 Å². The van der Waals surface area contributed by atoms with Crippen LogP contribution in [0.2, 0.25) is 0 Å². The first-order chi connectivity index (χ1) is 15.0. The van der Waals surface area contributed by atoms with E-state index in [4.69, 9.17) is 4.74 Å². The fourth-order valence-electron chi connectivity index (χ4n) is 3.39. The van der Waals surface area contributed by atoms with Crippen molar-refractivity contribution in [2.75, 3.05) is 7.05 Å². The summed E-state index contributed by atoms with van der Waals surface area (Å²) in [6.07, 6.45) is 3.67. The van der Waals surface area contributed by atoms with Crippen molar-refractivity contribution >= 4 is 5.91 Å². The molecule has 0 unspecified atom stereocenters. The Morgan fingerprint density at radius 3 is 2.39 bits per heavy atom. The van der Waals surface area contributed by atoms with Crippen LogP contribution in [0.25, 0.3) is 11.1 Å². The van der Waals surface area contributed by atoms with Gasteiger partial charge in [0.05, 0.1) is 5.69 Å². The second-order valence-corrected chi connectivity index (χ2v) is 7.48. The summed E-state index contributed by atoms with van der Waals surface area (Å²) in [5, 5.41) is 8.68. The molecular formula is C24H25N5O2. The van der Waals surface area contributed by atoms with E-state index in [1.165, 1.54) is 0 Å². The van der Waals surface area contributed by atoms with Gasteiger partial charge in [-0.15, -0.1) is 0 Å². The fraction of sp³-hybridized carbons (Fsp3) is 0.208. The monoisotopic (exact) mass is 415 g/mol. The standard InChI is InChI=1S/C24H25N5O2/c1-18-21(16-28(3)25-18)15-27(2)24(30)23-13-14-29(26-23)17-31-22-11-9-20(10-12-22)19-7-5-4-6-8-19/h4-14,16H,15,17H2,1-3H3. The van der Waals surface area contributed by atoms with E-state index in [9.17, 15) is 4.79 Å². The molecule has 4 aromatic rings. The summed E-state index contributed by atoms with van der Waals surface area (Å²) in [4.78, 5) is 14.3. The topological polar surface area (TPSA) is 65.2 Å². The minimum absolute atomic E-state index is 0.144. The molecule has 1 amide bonds. The highest BCUT2D eigenvalue weighted by atomic mass is 16.5. The second-order valence-electron chi connectivity index (χ2n) is 7.48. The SMILES string of the molecule is Cc1nn(C)cc1CN(C)C(=O)c1ccn(COc2ccc(-c3ccccc3)cc2)n1. The van der Waals surface area contributed by atoms with Crippen molar-refractivity contribution in [1.82, 2.24) is 24.5 Å². The van der Waals surface area contributed by atoms with Gasteiger partial charge in [-0.2, -0.15) is 10.2 Å². The third-order valence-corrected chi connectivity index (χ3v) is 5.05. The third kappa shape index (κ3) is 4.83. The van der Waals surface area contributed by atoms with Gasteiger partial charge in [-0.3, -0.25) is 9.48 Å². The minimum Gasteiger partial charge on any atom is -0.471 e. The van der Waals surface area contributed by atoms with E-state index >= 15 is 0 Å². The zero-order valence-electron chi connectivity index (χ0n) is 17.9. The van der Waals surface area contributed by atoms with Gasteiger partial charge in [0.25, 0.3) is 5.91 Å². The van der Waals surface area contributed by atoms with E-state index in [2.05, 4.69) is 22.3 Å². The van der Waals surface area contributed by atoms with Gasteiger partial charge in [-0.25, -0.2) is 4.68 Å². The number of rotatable bonds is 7. The Labute approximate surface area is 181 Å². The molecule has 0 saturated carbocycles. The van der Waals surface area contributed by atoms with Crippen LogP contribution in [0, 0.1) is 6.92 Å². The van der Waals surface area contributed by atoms with Gasteiger partial charge in [-0.1, -0.05) is 42.5 Å². The van der Waals surface area contributed by atoms with Crippen LogP contribution in [-0.4, -0.2) is 37.4 Å². The molecule has 2 heterocycles. The summed E-state index contributed by atoms with van der Waals surface area (Å²) < 4.78 is 9.18. The van der Waals surface area contributed by atoms with Crippen molar-refractivity contribution in [2.24, 2.45) is 7.05 Å². The summed E-state index contributed by atoms with van der Waals surface area (Å²) in [6.45, 7) is 2.64. The van der Waals surface area contributed by atoms with Gasteiger partial charge in [0, 0.05) is 38.6 Å². The lowest BCUT2D eigenvalue weighted by atomic mass is 10.1. The van der Waals surface area contributed by atoms with Crippen LogP contribution in [-0.2, 0) is 20.3 Å². The molecule has 7 heteroatoms. The molecule has 2 aromatic carbocycles. The van der Waals surface area contributed by atoms with Gasteiger partial charge < -0.3 is 9.64 Å². The number of benzene rings is 2. The van der Waals surface area contributed by atoms with Crippen molar-refractivity contribution in [2.45, 2.75) is 20.2 Å². The highest BCUT2D eigenvalue weighted by Gasteiger charge is 2.17. The summed E-state index contributed by atoms with van der Waals surface area (Å²) in [5.41, 5.74) is 4.60. The predicted octanol–water partition coefficient (Wildman–Crippen LogP) is 3.90. The van der Waals surface area contributed by atoms with Crippen LogP contribution >= 0.6 is 0 Å². The Bertz CT molecular complexity index is 1160. The van der Waals surface area contributed by atoms with Crippen molar-refractivity contribution in [3.8, 4) is 16.9 Å². The number of hydrogen-bond acceptors (Lipinski definition) is 4. The first kappa shape index (κ1) is 20.4. The minimum atomic E-state index is -0.144. The van der Waals surface area contributed by atoms with Gasteiger partial charge >= 0.3 is 0 Å². The molecule has 0 aliphatic heterocycles. The maximum absolute atomic E-state index is 12.7. The van der Waals surface area contributed by atoms with E-state index in [1.807, 2.05) is 62.6 Å². The fourth-order valence-corrected chi connectivity index (χ4v) is 3.39.